The fourth-order valence-electron chi connectivity index (χ4n) is 3.22. The van der Waals surface area contributed by atoms with E-state index in [-0.39, 0.29) is 4.90 Å². The second-order valence-electron chi connectivity index (χ2n) is 6.91. The molecule has 0 spiro atoms. The van der Waals surface area contributed by atoms with Crippen LogP contribution in [0.4, 0.5) is 0 Å². The average Bonchev–Trinajstić information content (AvgIpc) is 3.15. The smallest absolute Gasteiger partial charge is 0.176 e. The molecule has 0 aliphatic heterocycles. The fraction of sp³-hybridized carbons (Fsp3) is 0.0870. The third kappa shape index (κ3) is 4.03. The van der Waals surface area contributed by atoms with Gasteiger partial charge in [-0.1, -0.05) is 65.7 Å². The van der Waals surface area contributed by atoms with Gasteiger partial charge in [-0.2, -0.15) is 0 Å². The molecule has 7 heteroatoms. The van der Waals surface area contributed by atoms with Crippen molar-refractivity contribution >= 4 is 44.4 Å². The van der Waals surface area contributed by atoms with Crippen molar-refractivity contribution in [2.24, 2.45) is 0 Å². The molecule has 0 radical (unpaired) electrons. The second-order valence-corrected chi connectivity index (χ2v) is 10.7. The van der Waals surface area contributed by atoms with Gasteiger partial charge in [0.1, 0.15) is 5.01 Å². The summed E-state index contributed by atoms with van der Waals surface area (Å²) < 4.78 is 24.9. The first-order valence-corrected chi connectivity index (χ1v) is 12.5. The molecule has 0 bridgehead atoms. The number of rotatable bonds is 4. The first kappa shape index (κ1) is 21.1. The lowest BCUT2D eigenvalue weighted by molar-refractivity contribution is 0.602. The van der Waals surface area contributed by atoms with E-state index in [2.05, 4.69) is 0 Å². The van der Waals surface area contributed by atoms with E-state index >= 15 is 0 Å². The Morgan fingerprint density at radius 2 is 1.53 bits per heavy atom. The number of nitrogens with zero attached hydrogens (tertiary/aromatic N) is 1. The standard InChI is InChI=1S/C23H17Cl2NO2S2/c1-14-13-15(11-12-18(14)24)22-21(17-8-4-6-10-20(17)30(2,27)28)26-23(29-22)16-7-3-5-9-19(16)25/h3-13H,1-2H3. The molecule has 0 atom stereocenters. The van der Waals surface area contributed by atoms with Crippen LogP contribution < -0.4 is 0 Å². The number of thiazole rings is 1. The Hall–Kier alpha value is -2.18. The van der Waals surface area contributed by atoms with Gasteiger partial charge in [0.15, 0.2) is 9.84 Å². The average molecular weight is 474 g/mol. The summed E-state index contributed by atoms with van der Waals surface area (Å²) in [6.45, 7) is 1.94. The monoisotopic (exact) mass is 473 g/mol. The van der Waals surface area contributed by atoms with Crippen LogP contribution in [0, 0.1) is 6.92 Å². The van der Waals surface area contributed by atoms with Gasteiger partial charge in [-0.3, -0.25) is 0 Å². The summed E-state index contributed by atoms with van der Waals surface area (Å²) in [5, 5.41) is 1.99. The van der Waals surface area contributed by atoms with Gasteiger partial charge >= 0.3 is 0 Å². The summed E-state index contributed by atoms with van der Waals surface area (Å²) in [6, 6.07) is 20.2. The zero-order valence-electron chi connectivity index (χ0n) is 16.2. The van der Waals surface area contributed by atoms with Gasteiger partial charge in [-0.05, 0) is 42.3 Å². The van der Waals surface area contributed by atoms with Gasteiger partial charge in [-0.15, -0.1) is 11.3 Å². The number of sulfone groups is 1. The minimum atomic E-state index is -3.44. The molecule has 4 aromatic rings. The summed E-state index contributed by atoms with van der Waals surface area (Å²) >= 11 is 14.1. The van der Waals surface area contributed by atoms with E-state index < -0.39 is 9.84 Å². The molecule has 0 aliphatic rings. The summed E-state index contributed by atoms with van der Waals surface area (Å²) in [4.78, 5) is 5.96. The minimum Gasteiger partial charge on any atom is -0.235 e. The zero-order valence-corrected chi connectivity index (χ0v) is 19.3. The first-order chi connectivity index (χ1) is 14.3. The highest BCUT2D eigenvalue weighted by molar-refractivity contribution is 7.90. The number of halogens is 2. The highest BCUT2D eigenvalue weighted by atomic mass is 35.5. The Balaban J connectivity index is 2.03. The second kappa shape index (κ2) is 8.16. The summed E-state index contributed by atoms with van der Waals surface area (Å²) in [6.07, 6.45) is 1.21. The highest BCUT2D eigenvalue weighted by Gasteiger charge is 2.22. The molecule has 0 saturated heterocycles. The number of hydrogen-bond acceptors (Lipinski definition) is 4. The van der Waals surface area contributed by atoms with E-state index in [1.807, 2.05) is 55.5 Å². The van der Waals surface area contributed by atoms with Gasteiger partial charge in [0.25, 0.3) is 0 Å². The zero-order chi connectivity index (χ0) is 21.5. The molecule has 4 rings (SSSR count). The largest absolute Gasteiger partial charge is 0.235 e. The van der Waals surface area contributed by atoms with E-state index in [4.69, 9.17) is 28.2 Å². The Morgan fingerprint density at radius 3 is 2.20 bits per heavy atom. The quantitative estimate of drug-likeness (QED) is 0.315. The van der Waals surface area contributed by atoms with Crippen LogP contribution >= 0.6 is 34.5 Å². The van der Waals surface area contributed by atoms with Gasteiger partial charge < -0.3 is 0 Å². The van der Waals surface area contributed by atoms with Crippen molar-refractivity contribution in [3.05, 3.63) is 82.3 Å². The predicted molar refractivity (Wildman–Crippen MR) is 126 cm³/mol. The maximum absolute atomic E-state index is 12.4. The highest BCUT2D eigenvalue weighted by Crippen LogP contribution is 2.44. The van der Waals surface area contributed by atoms with E-state index in [1.165, 1.54) is 17.6 Å². The van der Waals surface area contributed by atoms with Crippen LogP contribution in [0.15, 0.2) is 71.6 Å². The van der Waals surface area contributed by atoms with Crippen molar-refractivity contribution < 1.29 is 8.42 Å². The lowest BCUT2D eigenvalue weighted by Crippen LogP contribution is -2.00. The first-order valence-electron chi connectivity index (χ1n) is 9.07. The molecule has 0 amide bonds. The topological polar surface area (TPSA) is 47.0 Å². The molecule has 3 aromatic carbocycles. The molecule has 30 heavy (non-hydrogen) atoms. The van der Waals surface area contributed by atoms with Crippen molar-refractivity contribution in [3.63, 3.8) is 0 Å². The lowest BCUT2D eigenvalue weighted by atomic mass is 10.0. The third-order valence-electron chi connectivity index (χ3n) is 4.69. The summed E-state index contributed by atoms with van der Waals surface area (Å²) in [7, 11) is -3.44. The molecule has 3 nitrogen and oxygen atoms in total. The van der Waals surface area contributed by atoms with E-state index in [0.29, 0.717) is 21.3 Å². The molecule has 0 unspecified atom stereocenters. The van der Waals surface area contributed by atoms with Crippen LogP contribution in [0.1, 0.15) is 5.56 Å². The Morgan fingerprint density at radius 1 is 0.867 bits per heavy atom. The Bertz CT molecular complexity index is 1360. The molecule has 152 valence electrons. The van der Waals surface area contributed by atoms with Crippen molar-refractivity contribution in [1.29, 1.82) is 0 Å². The summed E-state index contributed by atoms with van der Waals surface area (Å²) in [5.41, 5.74) is 3.84. The van der Waals surface area contributed by atoms with Crippen LogP contribution in [0.5, 0.6) is 0 Å². The SMILES string of the molecule is Cc1cc(-c2sc(-c3ccccc3Cl)nc2-c2ccccc2S(C)(=O)=O)ccc1Cl. The van der Waals surface area contributed by atoms with Crippen LogP contribution in [-0.4, -0.2) is 19.7 Å². The van der Waals surface area contributed by atoms with Gasteiger partial charge in [0, 0.05) is 22.4 Å². The molecule has 1 heterocycles. The molecule has 0 saturated carbocycles. The molecule has 0 aliphatic carbocycles. The molecule has 0 fully saturated rings. The van der Waals surface area contributed by atoms with Gasteiger partial charge in [0.05, 0.1) is 20.5 Å². The van der Waals surface area contributed by atoms with Gasteiger partial charge in [0.2, 0.25) is 0 Å². The van der Waals surface area contributed by atoms with Crippen molar-refractivity contribution in [1.82, 2.24) is 4.98 Å². The molecule has 1 aromatic heterocycles. The Kier molecular flexibility index (Phi) is 5.73. The van der Waals surface area contributed by atoms with Crippen LogP contribution in [0.2, 0.25) is 10.0 Å². The maximum Gasteiger partial charge on any atom is 0.176 e. The fourth-order valence-corrected chi connectivity index (χ4v) is 5.62. The number of aromatic nitrogens is 1. The normalized spacial score (nSPS) is 11.6. The van der Waals surface area contributed by atoms with Crippen LogP contribution in [-0.2, 0) is 9.84 Å². The van der Waals surface area contributed by atoms with E-state index in [0.717, 1.165) is 26.6 Å². The third-order valence-corrected chi connectivity index (χ3v) is 7.74. The number of aryl methyl sites for hydroxylation is 1. The van der Waals surface area contributed by atoms with Crippen molar-refractivity contribution in [2.75, 3.05) is 6.26 Å². The van der Waals surface area contributed by atoms with Crippen molar-refractivity contribution in [2.45, 2.75) is 11.8 Å². The maximum atomic E-state index is 12.4. The number of hydrogen-bond donors (Lipinski definition) is 0. The van der Waals surface area contributed by atoms with Crippen molar-refractivity contribution in [3.8, 4) is 32.3 Å². The molecular formula is C23H17Cl2NO2S2. The summed E-state index contributed by atoms with van der Waals surface area (Å²) in [5.74, 6) is 0. The molecular weight excluding hydrogens is 457 g/mol. The number of benzene rings is 3. The van der Waals surface area contributed by atoms with E-state index in [1.54, 1.807) is 18.2 Å². The van der Waals surface area contributed by atoms with Crippen LogP contribution in [0.3, 0.4) is 0 Å². The predicted octanol–water partition coefficient (Wildman–Crippen LogP) is 7.16. The Labute approximate surface area is 189 Å². The van der Waals surface area contributed by atoms with Gasteiger partial charge in [-0.25, -0.2) is 13.4 Å². The van der Waals surface area contributed by atoms with Crippen LogP contribution in [0.25, 0.3) is 32.3 Å². The lowest BCUT2D eigenvalue weighted by Gasteiger charge is -2.09. The minimum absolute atomic E-state index is 0.243. The molecule has 0 N–H and O–H groups in total. The van der Waals surface area contributed by atoms with E-state index in [9.17, 15) is 8.42 Å².